The summed E-state index contributed by atoms with van der Waals surface area (Å²) < 4.78 is 6.45. The van der Waals surface area contributed by atoms with Crippen molar-refractivity contribution < 1.29 is 14.3 Å². The van der Waals surface area contributed by atoms with E-state index in [1.807, 2.05) is 13.1 Å². The molecule has 2 aliphatic heterocycles. The molecule has 0 saturated carbocycles. The van der Waals surface area contributed by atoms with E-state index in [9.17, 15) is 9.59 Å². The molecule has 1 atom stereocenters. The van der Waals surface area contributed by atoms with Crippen molar-refractivity contribution in [2.45, 2.75) is 6.10 Å². The summed E-state index contributed by atoms with van der Waals surface area (Å²) in [6.07, 6.45) is -0.0662. The molecule has 0 aliphatic carbocycles. The number of carbonyl (C=O) groups is 2. The zero-order valence-corrected chi connectivity index (χ0v) is 12.7. The number of hydrogen-bond acceptors (Lipinski definition) is 4. The lowest BCUT2D eigenvalue weighted by atomic mass is 10.1. The molecular formula is C14H15BrN2O3. The lowest BCUT2D eigenvalue weighted by molar-refractivity contribution is -0.115. The molecule has 0 N–H and O–H groups in total. The molecule has 2 heterocycles. The van der Waals surface area contributed by atoms with Gasteiger partial charge in [-0.3, -0.25) is 9.59 Å². The van der Waals surface area contributed by atoms with Crippen LogP contribution >= 0.6 is 15.9 Å². The van der Waals surface area contributed by atoms with Crippen molar-refractivity contribution in [3.63, 3.8) is 0 Å². The number of halogens is 1. The quantitative estimate of drug-likeness (QED) is 0.763. The summed E-state index contributed by atoms with van der Waals surface area (Å²) >= 11 is 3.42. The summed E-state index contributed by atoms with van der Waals surface area (Å²) in [4.78, 5) is 27.9. The Kier molecular flexibility index (Phi) is 3.62. The second-order valence-electron chi connectivity index (χ2n) is 5.14. The van der Waals surface area contributed by atoms with Gasteiger partial charge in [-0.1, -0.05) is 6.07 Å². The SMILES string of the molecule is CN1CCOC(CN2C(=O)C(=O)c3cccc(Br)c32)C1. The first-order valence-electron chi connectivity index (χ1n) is 6.53. The number of ether oxygens (including phenoxy) is 1. The van der Waals surface area contributed by atoms with Gasteiger partial charge in [0.05, 0.1) is 30.5 Å². The molecule has 0 aromatic heterocycles. The first-order chi connectivity index (χ1) is 9.58. The van der Waals surface area contributed by atoms with E-state index in [1.165, 1.54) is 4.90 Å². The van der Waals surface area contributed by atoms with Crippen LogP contribution in [0.5, 0.6) is 0 Å². The van der Waals surface area contributed by atoms with Crippen LogP contribution in [0.2, 0.25) is 0 Å². The van der Waals surface area contributed by atoms with Gasteiger partial charge in [0.1, 0.15) is 0 Å². The molecule has 1 saturated heterocycles. The Labute approximate surface area is 125 Å². The summed E-state index contributed by atoms with van der Waals surface area (Å²) in [7, 11) is 2.02. The number of amides is 1. The molecule has 2 aliphatic rings. The van der Waals surface area contributed by atoms with Crippen molar-refractivity contribution in [2.75, 3.05) is 38.2 Å². The topological polar surface area (TPSA) is 49.9 Å². The van der Waals surface area contributed by atoms with E-state index in [0.717, 1.165) is 17.6 Å². The maximum absolute atomic E-state index is 12.2. The number of carbonyl (C=O) groups excluding carboxylic acids is 2. The number of morpholine rings is 1. The minimum Gasteiger partial charge on any atom is -0.374 e. The average Bonchev–Trinajstić information content (AvgIpc) is 2.66. The van der Waals surface area contributed by atoms with Crippen molar-refractivity contribution >= 4 is 33.3 Å². The molecule has 3 rings (SSSR count). The van der Waals surface area contributed by atoms with E-state index in [0.29, 0.717) is 24.4 Å². The summed E-state index contributed by atoms with van der Waals surface area (Å²) in [6, 6.07) is 5.29. The number of hydrogen-bond donors (Lipinski definition) is 0. The number of fused-ring (bicyclic) bond motifs is 1. The van der Waals surface area contributed by atoms with Crippen LogP contribution < -0.4 is 4.90 Å². The molecule has 0 radical (unpaired) electrons. The van der Waals surface area contributed by atoms with Crippen LogP contribution in [0.15, 0.2) is 22.7 Å². The van der Waals surface area contributed by atoms with Gasteiger partial charge in [-0.2, -0.15) is 0 Å². The first kappa shape index (κ1) is 13.7. The number of ketones is 1. The summed E-state index contributed by atoms with van der Waals surface area (Å²) in [5.41, 5.74) is 1.13. The molecule has 6 heteroatoms. The maximum atomic E-state index is 12.2. The molecular weight excluding hydrogens is 324 g/mol. The smallest absolute Gasteiger partial charge is 0.299 e. The van der Waals surface area contributed by atoms with Crippen LogP contribution in [0.4, 0.5) is 5.69 Å². The van der Waals surface area contributed by atoms with Gasteiger partial charge in [-0.05, 0) is 35.1 Å². The monoisotopic (exact) mass is 338 g/mol. The van der Waals surface area contributed by atoms with Gasteiger partial charge in [0.2, 0.25) is 0 Å². The average molecular weight is 339 g/mol. The standard InChI is InChI=1S/C14H15BrN2O3/c1-16-5-6-20-9(7-16)8-17-12-10(13(18)14(17)19)3-2-4-11(12)15/h2-4,9H,5-8H2,1H3. The number of para-hydroxylation sites is 1. The van der Waals surface area contributed by atoms with Crippen molar-refractivity contribution in [1.29, 1.82) is 0 Å². The normalized spacial score (nSPS) is 23.3. The minimum atomic E-state index is -0.469. The molecule has 1 fully saturated rings. The van der Waals surface area contributed by atoms with Crippen molar-refractivity contribution in [1.82, 2.24) is 4.90 Å². The van der Waals surface area contributed by atoms with Crippen LogP contribution in [0, 0.1) is 0 Å². The molecule has 1 unspecified atom stereocenters. The molecule has 0 spiro atoms. The van der Waals surface area contributed by atoms with Gasteiger partial charge in [0.25, 0.3) is 11.7 Å². The number of likely N-dealkylation sites (N-methyl/N-ethyl adjacent to an activating group) is 1. The van der Waals surface area contributed by atoms with Gasteiger partial charge in [0.15, 0.2) is 0 Å². The predicted molar refractivity (Wildman–Crippen MR) is 78.1 cm³/mol. The number of nitrogens with zero attached hydrogens (tertiary/aromatic N) is 2. The highest BCUT2D eigenvalue weighted by Gasteiger charge is 2.38. The van der Waals surface area contributed by atoms with Crippen molar-refractivity contribution in [2.24, 2.45) is 0 Å². The second kappa shape index (κ2) is 5.27. The van der Waals surface area contributed by atoms with Gasteiger partial charge >= 0.3 is 0 Å². The highest BCUT2D eigenvalue weighted by molar-refractivity contribution is 9.10. The van der Waals surface area contributed by atoms with E-state index in [-0.39, 0.29) is 6.10 Å². The Hall–Kier alpha value is -1.24. The van der Waals surface area contributed by atoms with Crippen LogP contribution in [0.3, 0.4) is 0 Å². The number of anilines is 1. The highest BCUT2D eigenvalue weighted by Crippen LogP contribution is 2.36. The third-order valence-electron chi connectivity index (χ3n) is 3.67. The minimum absolute atomic E-state index is 0.0662. The van der Waals surface area contributed by atoms with Gasteiger partial charge in [-0.25, -0.2) is 0 Å². The van der Waals surface area contributed by atoms with Crippen LogP contribution in [0.1, 0.15) is 10.4 Å². The van der Waals surface area contributed by atoms with E-state index >= 15 is 0 Å². The van der Waals surface area contributed by atoms with Crippen molar-refractivity contribution in [3.8, 4) is 0 Å². The lowest BCUT2D eigenvalue weighted by Gasteiger charge is -2.32. The summed E-state index contributed by atoms with van der Waals surface area (Å²) in [5.74, 6) is -0.908. The summed E-state index contributed by atoms with van der Waals surface area (Å²) in [5, 5.41) is 0. The zero-order valence-electron chi connectivity index (χ0n) is 11.1. The fourth-order valence-corrected chi connectivity index (χ4v) is 3.25. The Bertz CT molecular complexity index is 576. The van der Waals surface area contributed by atoms with Crippen LogP contribution in [-0.2, 0) is 9.53 Å². The van der Waals surface area contributed by atoms with Crippen LogP contribution in [-0.4, -0.2) is 56.0 Å². The largest absolute Gasteiger partial charge is 0.374 e. The second-order valence-corrected chi connectivity index (χ2v) is 5.99. The summed E-state index contributed by atoms with van der Waals surface area (Å²) in [6.45, 7) is 2.71. The third kappa shape index (κ3) is 2.28. The zero-order chi connectivity index (χ0) is 14.3. The van der Waals surface area contributed by atoms with E-state index in [2.05, 4.69) is 20.8 Å². The fraction of sp³-hybridized carbons (Fsp3) is 0.429. The molecule has 20 heavy (non-hydrogen) atoms. The molecule has 1 aromatic carbocycles. The fourth-order valence-electron chi connectivity index (χ4n) is 2.67. The molecule has 1 amide bonds. The number of benzene rings is 1. The molecule has 5 nitrogen and oxygen atoms in total. The molecule has 1 aromatic rings. The lowest BCUT2D eigenvalue weighted by Crippen LogP contribution is -2.47. The molecule has 0 bridgehead atoms. The van der Waals surface area contributed by atoms with Crippen molar-refractivity contribution in [3.05, 3.63) is 28.2 Å². The van der Waals surface area contributed by atoms with Gasteiger partial charge in [-0.15, -0.1) is 0 Å². The maximum Gasteiger partial charge on any atom is 0.299 e. The van der Waals surface area contributed by atoms with Crippen LogP contribution in [0.25, 0.3) is 0 Å². The van der Waals surface area contributed by atoms with E-state index < -0.39 is 11.7 Å². The van der Waals surface area contributed by atoms with E-state index in [1.54, 1.807) is 12.1 Å². The number of rotatable bonds is 2. The Balaban J connectivity index is 1.87. The Morgan fingerprint density at radius 1 is 1.40 bits per heavy atom. The van der Waals surface area contributed by atoms with E-state index in [4.69, 9.17) is 4.74 Å². The number of Topliss-reactive ketones (excluding diaryl/α,β-unsaturated/α-hetero) is 1. The first-order valence-corrected chi connectivity index (χ1v) is 7.32. The van der Waals surface area contributed by atoms with Gasteiger partial charge < -0.3 is 14.5 Å². The molecule has 106 valence electrons. The predicted octanol–water partition coefficient (Wildman–Crippen LogP) is 1.31. The Morgan fingerprint density at radius 2 is 2.20 bits per heavy atom. The Morgan fingerprint density at radius 3 is 2.95 bits per heavy atom. The third-order valence-corrected chi connectivity index (χ3v) is 4.31. The highest BCUT2D eigenvalue weighted by atomic mass is 79.9. The van der Waals surface area contributed by atoms with Gasteiger partial charge in [0, 0.05) is 17.6 Å².